The highest BCUT2D eigenvalue weighted by atomic mass is 19.1. The molecule has 0 atom stereocenters. The summed E-state index contributed by atoms with van der Waals surface area (Å²) in [6, 6.07) is 8.23. The van der Waals surface area contributed by atoms with Crippen molar-refractivity contribution < 1.29 is 22.8 Å². The number of carbonyl (C=O) groups excluding carboxylic acids is 2. The van der Waals surface area contributed by atoms with E-state index in [0.29, 0.717) is 31.9 Å². The van der Waals surface area contributed by atoms with E-state index in [4.69, 9.17) is 0 Å². The van der Waals surface area contributed by atoms with Crippen molar-refractivity contribution in [2.24, 2.45) is 0 Å². The summed E-state index contributed by atoms with van der Waals surface area (Å²) in [5.74, 6) is -2.64. The summed E-state index contributed by atoms with van der Waals surface area (Å²) in [5.41, 5.74) is 0.203. The maximum atomic E-state index is 13.8. The lowest BCUT2D eigenvalue weighted by Gasteiger charge is -2.34. The SMILES string of the molecule is O=C(CN1CCN(C(=O)c2cc(F)ccc2F)CC1)Nc1ccc(F)cc1. The Bertz CT molecular complexity index is 835. The van der Waals surface area contributed by atoms with Crippen LogP contribution < -0.4 is 5.32 Å². The Kier molecular flexibility index (Phi) is 5.75. The van der Waals surface area contributed by atoms with Gasteiger partial charge in [-0.25, -0.2) is 13.2 Å². The van der Waals surface area contributed by atoms with Crippen LogP contribution in [0.2, 0.25) is 0 Å². The van der Waals surface area contributed by atoms with Crippen molar-refractivity contribution in [3.63, 3.8) is 0 Å². The number of piperazine rings is 1. The fraction of sp³-hybridized carbons (Fsp3) is 0.263. The van der Waals surface area contributed by atoms with Gasteiger partial charge in [0.15, 0.2) is 0 Å². The van der Waals surface area contributed by atoms with Crippen molar-refractivity contribution in [1.82, 2.24) is 9.80 Å². The van der Waals surface area contributed by atoms with Gasteiger partial charge in [-0.2, -0.15) is 0 Å². The molecule has 5 nitrogen and oxygen atoms in total. The first kappa shape index (κ1) is 18.9. The summed E-state index contributed by atoms with van der Waals surface area (Å²) < 4.78 is 39.9. The second-order valence-electron chi connectivity index (χ2n) is 6.25. The molecule has 142 valence electrons. The molecule has 1 N–H and O–H groups in total. The number of hydrogen-bond acceptors (Lipinski definition) is 3. The van der Waals surface area contributed by atoms with Crippen LogP contribution in [0.1, 0.15) is 10.4 Å². The van der Waals surface area contributed by atoms with E-state index in [1.807, 2.05) is 4.90 Å². The maximum Gasteiger partial charge on any atom is 0.257 e. The van der Waals surface area contributed by atoms with E-state index in [2.05, 4.69) is 5.32 Å². The third kappa shape index (κ3) is 4.85. The quantitative estimate of drug-likeness (QED) is 0.891. The Balaban J connectivity index is 1.51. The second-order valence-corrected chi connectivity index (χ2v) is 6.25. The van der Waals surface area contributed by atoms with Gasteiger partial charge < -0.3 is 10.2 Å². The molecular formula is C19H18F3N3O2. The van der Waals surface area contributed by atoms with E-state index in [1.165, 1.54) is 29.2 Å². The van der Waals surface area contributed by atoms with E-state index in [1.54, 1.807) is 0 Å². The second kappa shape index (κ2) is 8.22. The van der Waals surface area contributed by atoms with Crippen molar-refractivity contribution in [3.8, 4) is 0 Å². The molecule has 27 heavy (non-hydrogen) atoms. The molecule has 1 aliphatic heterocycles. The minimum absolute atomic E-state index is 0.119. The number of nitrogens with one attached hydrogen (secondary N) is 1. The normalized spacial score (nSPS) is 14.9. The first-order valence-electron chi connectivity index (χ1n) is 8.44. The highest BCUT2D eigenvalue weighted by Gasteiger charge is 2.25. The molecule has 1 fully saturated rings. The summed E-state index contributed by atoms with van der Waals surface area (Å²) in [6.07, 6.45) is 0. The molecule has 8 heteroatoms. The predicted molar refractivity (Wildman–Crippen MR) is 93.7 cm³/mol. The number of anilines is 1. The zero-order chi connectivity index (χ0) is 19.4. The monoisotopic (exact) mass is 377 g/mol. The summed E-state index contributed by atoms with van der Waals surface area (Å²) in [4.78, 5) is 27.7. The average Bonchev–Trinajstić information content (AvgIpc) is 2.65. The Hall–Kier alpha value is -2.87. The molecule has 2 aromatic carbocycles. The first-order chi connectivity index (χ1) is 12.9. The van der Waals surface area contributed by atoms with Crippen LogP contribution in [0.5, 0.6) is 0 Å². The molecule has 0 aromatic heterocycles. The van der Waals surface area contributed by atoms with E-state index < -0.39 is 17.5 Å². The standard InChI is InChI=1S/C19H18F3N3O2/c20-13-1-4-15(5-2-13)23-18(26)12-24-7-9-25(10-8-24)19(27)16-11-14(21)3-6-17(16)22/h1-6,11H,7-10,12H2,(H,23,26). The summed E-state index contributed by atoms with van der Waals surface area (Å²) in [6.45, 7) is 1.59. The molecule has 0 bridgehead atoms. The Morgan fingerprint density at radius 2 is 1.52 bits per heavy atom. The van der Waals surface area contributed by atoms with Gasteiger partial charge in [0.05, 0.1) is 12.1 Å². The first-order valence-corrected chi connectivity index (χ1v) is 8.44. The van der Waals surface area contributed by atoms with Gasteiger partial charge in [0.2, 0.25) is 5.91 Å². The molecule has 0 saturated carbocycles. The van der Waals surface area contributed by atoms with Gasteiger partial charge in [0, 0.05) is 31.9 Å². The molecule has 1 aliphatic rings. The largest absolute Gasteiger partial charge is 0.336 e. The Morgan fingerprint density at radius 3 is 2.19 bits per heavy atom. The average molecular weight is 377 g/mol. The summed E-state index contributed by atoms with van der Waals surface area (Å²) in [5, 5.41) is 2.67. The highest BCUT2D eigenvalue weighted by molar-refractivity contribution is 5.94. The lowest BCUT2D eigenvalue weighted by Crippen LogP contribution is -2.50. The van der Waals surface area contributed by atoms with Crippen molar-refractivity contribution in [1.29, 1.82) is 0 Å². The van der Waals surface area contributed by atoms with Gasteiger partial charge in [-0.15, -0.1) is 0 Å². The Labute approximate surface area is 154 Å². The third-order valence-corrected chi connectivity index (χ3v) is 4.31. The van der Waals surface area contributed by atoms with Gasteiger partial charge in [0.1, 0.15) is 17.5 Å². The minimum atomic E-state index is -0.762. The fourth-order valence-corrected chi connectivity index (χ4v) is 2.88. The zero-order valence-corrected chi connectivity index (χ0v) is 14.4. The van der Waals surface area contributed by atoms with Crippen molar-refractivity contribution in [2.45, 2.75) is 0 Å². The summed E-state index contributed by atoms with van der Waals surface area (Å²) >= 11 is 0. The molecule has 0 radical (unpaired) electrons. The molecule has 2 aromatic rings. The fourth-order valence-electron chi connectivity index (χ4n) is 2.88. The molecular weight excluding hydrogens is 359 g/mol. The van der Waals surface area contributed by atoms with Crippen LogP contribution in [-0.2, 0) is 4.79 Å². The predicted octanol–water partition coefficient (Wildman–Crippen LogP) is 2.50. The number of amides is 2. The molecule has 0 aliphatic carbocycles. The molecule has 1 saturated heterocycles. The molecule has 1 heterocycles. The van der Waals surface area contributed by atoms with Crippen LogP contribution in [0.4, 0.5) is 18.9 Å². The van der Waals surface area contributed by atoms with Crippen molar-refractivity contribution in [3.05, 3.63) is 65.5 Å². The van der Waals surface area contributed by atoms with Gasteiger partial charge in [0.25, 0.3) is 5.91 Å². The topological polar surface area (TPSA) is 52.7 Å². The summed E-state index contributed by atoms with van der Waals surface area (Å²) in [7, 11) is 0. The smallest absolute Gasteiger partial charge is 0.257 e. The molecule has 3 rings (SSSR count). The third-order valence-electron chi connectivity index (χ3n) is 4.31. The highest BCUT2D eigenvalue weighted by Crippen LogP contribution is 2.14. The van der Waals surface area contributed by atoms with Crippen LogP contribution in [0.25, 0.3) is 0 Å². The van der Waals surface area contributed by atoms with Crippen LogP contribution >= 0.6 is 0 Å². The molecule has 0 unspecified atom stereocenters. The van der Waals surface area contributed by atoms with Gasteiger partial charge >= 0.3 is 0 Å². The Morgan fingerprint density at radius 1 is 0.889 bits per heavy atom. The number of benzene rings is 2. The number of carbonyl (C=O) groups is 2. The van der Waals surface area contributed by atoms with Crippen LogP contribution in [0.15, 0.2) is 42.5 Å². The van der Waals surface area contributed by atoms with E-state index in [9.17, 15) is 22.8 Å². The van der Waals surface area contributed by atoms with Crippen molar-refractivity contribution in [2.75, 3.05) is 38.0 Å². The van der Waals surface area contributed by atoms with Crippen LogP contribution in [0.3, 0.4) is 0 Å². The lowest BCUT2D eigenvalue weighted by atomic mass is 10.1. The van der Waals surface area contributed by atoms with E-state index >= 15 is 0 Å². The molecule has 0 spiro atoms. The van der Waals surface area contributed by atoms with E-state index in [-0.39, 0.29) is 23.8 Å². The van der Waals surface area contributed by atoms with Gasteiger partial charge in [-0.05, 0) is 42.5 Å². The number of rotatable bonds is 4. The van der Waals surface area contributed by atoms with E-state index in [0.717, 1.165) is 18.2 Å². The van der Waals surface area contributed by atoms with Crippen molar-refractivity contribution >= 4 is 17.5 Å². The van der Waals surface area contributed by atoms with Gasteiger partial charge in [-0.1, -0.05) is 0 Å². The molecule has 2 amide bonds. The van der Waals surface area contributed by atoms with Crippen LogP contribution in [0, 0.1) is 17.5 Å². The minimum Gasteiger partial charge on any atom is -0.336 e. The number of hydrogen-bond donors (Lipinski definition) is 1. The van der Waals surface area contributed by atoms with Gasteiger partial charge in [-0.3, -0.25) is 14.5 Å². The number of nitrogens with zero attached hydrogens (tertiary/aromatic N) is 2. The van der Waals surface area contributed by atoms with Crippen LogP contribution in [-0.4, -0.2) is 54.3 Å². The lowest BCUT2D eigenvalue weighted by molar-refractivity contribution is -0.117. The maximum absolute atomic E-state index is 13.8. The zero-order valence-electron chi connectivity index (χ0n) is 14.4. The number of halogens is 3.